The van der Waals surface area contributed by atoms with Crippen LogP contribution in [0.1, 0.15) is 11.1 Å². The van der Waals surface area contributed by atoms with Crippen LogP contribution in [-0.2, 0) is 6.61 Å². The SMILES string of the molecule is N#Cc1ccc(COc2cc(F)c(Br)cc2N)cc1. The molecule has 0 spiro atoms. The first-order valence-electron chi connectivity index (χ1n) is 5.46. The molecule has 0 radical (unpaired) electrons. The van der Waals surface area contributed by atoms with Crippen LogP contribution in [0.15, 0.2) is 40.9 Å². The molecule has 0 heterocycles. The fourth-order valence-corrected chi connectivity index (χ4v) is 1.87. The average molecular weight is 321 g/mol. The van der Waals surface area contributed by atoms with Crippen molar-refractivity contribution in [2.45, 2.75) is 6.61 Å². The zero-order valence-corrected chi connectivity index (χ0v) is 11.4. The van der Waals surface area contributed by atoms with Gasteiger partial charge in [-0.05, 0) is 39.7 Å². The van der Waals surface area contributed by atoms with E-state index in [1.807, 2.05) is 6.07 Å². The van der Waals surface area contributed by atoms with E-state index in [4.69, 9.17) is 15.7 Å². The van der Waals surface area contributed by atoms with Gasteiger partial charge in [-0.1, -0.05) is 12.1 Å². The van der Waals surface area contributed by atoms with Gasteiger partial charge in [-0.25, -0.2) is 4.39 Å². The lowest BCUT2D eigenvalue weighted by atomic mass is 10.1. The molecule has 19 heavy (non-hydrogen) atoms. The summed E-state index contributed by atoms with van der Waals surface area (Å²) in [7, 11) is 0. The number of hydrogen-bond donors (Lipinski definition) is 1. The Morgan fingerprint density at radius 3 is 2.58 bits per heavy atom. The molecule has 2 rings (SSSR count). The van der Waals surface area contributed by atoms with E-state index in [1.165, 1.54) is 12.1 Å². The first-order chi connectivity index (χ1) is 9.10. The van der Waals surface area contributed by atoms with Gasteiger partial charge in [-0.2, -0.15) is 5.26 Å². The molecule has 0 saturated carbocycles. The second kappa shape index (κ2) is 5.72. The van der Waals surface area contributed by atoms with Crippen LogP contribution in [0.25, 0.3) is 0 Å². The highest BCUT2D eigenvalue weighted by Crippen LogP contribution is 2.28. The highest BCUT2D eigenvalue weighted by atomic mass is 79.9. The van der Waals surface area contributed by atoms with Crippen LogP contribution >= 0.6 is 15.9 Å². The maximum absolute atomic E-state index is 13.4. The van der Waals surface area contributed by atoms with E-state index in [9.17, 15) is 4.39 Å². The number of ether oxygens (including phenoxy) is 1. The smallest absolute Gasteiger partial charge is 0.145 e. The molecule has 3 nitrogen and oxygen atoms in total. The van der Waals surface area contributed by atoms with Crippen molar-refractivity contribution in [3.05, 3.63) is 57.8 Å². The molecular formula is C14H10BrFN2O. The van der Waals surface area contributed by atoms with Gasteiger partial charge in [0.05, 0.1) is 21.8 Å². The standard InChI is InChI=1S/C14H10BrFN2O/c15-11-5-13(18)14(6-12(11)16)19-8-10-3-1-9(7-17)2-4-10/h1-6H,8,18H2. The number of halogens is 2. The van der Waals surface area contributed by atoms with Crippen molar-refractivity contribution < 1.29 is 9.13 Å². The molecule has 0 aliphatic rings. The molecule has 2 aromatic carbocycles. The number of hydrogen-bond acceptors (Lipinski definition) is 3. The zero-order chi connectivity index (χ0) is 13.8. The van der Waals surface area contributed by atoms with Crippen LogP contribution in [0.5, 0.6) is 5.75 Å². The molecule has 2 aromatic rings. The summed E-state index contributed by atoms with van der Waals surface area (Å²) in [4.78, 5) is 0. The summed E-state index contributed by atoms with van der Waals surface area (Å²) in [6.07, 6.45) is 0. The van der Waals surface area contributed by atoms with Crippen molar-refractivity contribution in [3.63, 3.8) is 0 Å². The number of benzene rings is 2. The fraction of sp³-hybridized carbons (Fsp3) is 0.0714. The second-order valence-corrected chi connectivity index (χ2v) is 4.76. The third-order valence-corrected chi connectivity index (χ3v) is 3.14. The molecule has 2 N–H and O–H groups in total. The van der Waals surface area contributed by atoms with E-state index in [0.29, 0.717) is 21.5 Å². The number of nitrogen functional groups attached to an aromatic ring is 1. The summed E-state index contributed by atoms with van der Waals surface area (Å²) < 4.78 is 19.1. The van der Waals surface area contributed by atoms with Crippen LogP contribution < -0.4 is 10.5 Å². The Kier molecular flexibility index (Phi) is 4.03. The quantitative estimate of drug-likeness (QED) is 0.879. The maximum Gasteiger partial charge on any atom is 0.145 e. The predicted octanol–water partition coefficient (Wildman–Crippen LogP) is 3.62. The van der Waals surface area contributed by atoms with Gasteiger partial charge >= 0.3 is 0 Å². The molecule has 5 heteroatoms. The lowest BCUT2D eigenvalue weighted by Crippen LogP contribution is -1.99. The lowest BCUT2D eigenvalue weighted by molar-refractivity contribution is 0.306. The highest BCUT2D eigenvalue weighted by Gasteiger charge is 2.07. The normalized spacial score (nSPS) is 9.95. The summed E-state index contributed by atoms with van der Waals surface area (Å²) in [5.41, 5.74) is 7.56. The maximum atomic E-state index is 13.4. The van der Waals surface area contributed by atoms with E-state index >= 15 is 0 Å². The molecule has 96 valence electrons. The van der Waals surface area contributed by atoms with Crippen molar-refractivity contribution in [1.29, 1.82) is 5.26 Å². The number of nitrogens with zero attached hydrogens (tertiary/aromatic N) is 1. The molecule has 0 aliphatic heterocycles. The number of nitriles is 1. The minimum absolute atomic E-state index is 0.261. The number of rotatable bonds is 3. The van der Waals surface area contributed by atoms with Crippen LogP contribution in [0.2, 0.25) is 0 Å². The van der Waals surface area contributed by atoms with Crippen molar-refractivity contribution >= 4 is 21.6 Å². The minimum Gasteiger partial charge on any atom is -0.487 e. The average Bonchev–Trinajstić information content (AvgIpc) is 2.42. The van der Waals surface area contributed by atoms with Gasteiger partial charge in [0.2, 0.25) is 0 Å². The van der Waals surface area contributed by atoms with Gasteiger partial charge in [0.25, 0.3) is 0 Å². The number of nitrogens with two attached hydrogens (primary N) is 1. The first kappa shape index (κ1) is 13.4. The third kappa shape index (κ3) is 3.24. The summed E-state index contributed by atoms with van der Waals surface area (Å²) >= 11 is 3.05. The van der Waals surface area contributed by atoms with Crippen LogP contribution in [0, 0.1) is 17.1 Å². The van der Waals surface area contributed by atoms with Crippen LogP contribution in [-0.4, -0.2) is 0 Å². The largest absolute Gasteiger partial charge is 0.487 e. The first-order valence-corrected chi connectivity index (χ1v) is 6.26. The van der Waals surface area contributed by atoms with E-state index < -0.39 is 5.82 Å². The predicted molar refractivity (Wildman–Crippen MR) is 74.0 cm³/mol. The van der Waals surface area contributed by atoms with Crippen LogP contribution in [0.3, 0.4) is 0 Å². The molecule has 0 unspecified atom stereocenters. The summed E-state index contributed by atoms with van der Waals surface area (Å²) in [5, 5.41) is 8.69. The topological polar surface area (TPSA) is 59.0 Å². The zero-order valence-electron chi connectivity index (χ0n) is 9.86. The summed E-state index contributed by atoms with van der Waals surface area (Å²) in [6.45, 7) is 0.261. The van der Waals surface area contributed by atoms with Gasteiger partial charge < -0.3 is 10.5 Å². The summed E-state index contributed by atoms with van der Waals surface area (Å²) in [5.74, 6) is -0.130. The fourth-order valence-electron chi connectivity index (χ4n) is 1.51. The lowest BCUT2D eigenvalue weighted by Gasteiger charge is -2.10. The Hall–Kier alpha value is -2.06. The van der Waals surface area contributed by atoms with Gasteiger partial charge in [0, 0.05) is 6.07 Å². The van der Waals surface area contributed by atoms with Crippen molar-refractivity contribution in [2.75, 3.05) is 5.73 Å². The Balaban J connectivity index is 2.10. The second-order valence-electron chi connectivity index (χ2n) is 3.90. The molecule has 0 aliphatic carbocycles. The van der Waals surface area contributed by atoms with Crippen molar-refractivity contribution in [3.8, 4) is 11.8 Å². The van der Waals surface area contributed by atoms with Crippen molar-refractivity contribution in [2.24, 2.45) is 0 Å². The van der Waals surface area contributed by atoms with E-state index in [2.05, 4.69) is 15.9 Å². The Labute approximate surface area is 118 Å². The van der Waals surface area contributed by atoms with Gasteiger partial charge in [0.15, 0.2) is 0 Å². The van der Waals surface area contributed by atoms with Gasteiger partial charge in [0.1, 0.15) is 18.2 Å². The minimum atomic E-state index is -0.427. The molecular weight excluding hydrogens is 311 g/mol. The Morgan fingerprint density at radius 2 is 1.95 bits per heavy atom. The van der Waals surface area contributed by atoms with E-state index in [-0.39, 0.29) is 6.61 Å². The van der Waals surface area contributed by atoms with Crippen LogP contribution in [0.4, 0.5) is 10.1 Å². The highest BCUT2D eigenvalue weighted by molar-refractivity contribution is 9.10. The molecule has 0 aromatic heterocycles. The monoisotopic (exact) mass is 320 g/mol. The van der Waals surface area contributed by atoms with E-state index in [1.54, 1.807) is 24.3 Å². The molecule has 0 amide bonds. The number of anilines is 1. The molecule has 0 saturated heterocycles. The van der Waals surface area contributed by atoms with Gasteiger partial charge in [-0.3, -0.25) is 0 Å². The summed E-state index contributed by atoms with van der Waals surface area (Å²) in [6, 6.07) is 11.7. The van der Waals surface area contributed by atoms with Crippen molar-refractivity contribution in [1.82, 2.24) is 0 Å². The van der Waals surface area contributed by atoms with E-state index in [0.717, 1.165) is 5.56 Å². The Morgan fingerprint density at radius 1 is 1.26 bits per heavy atom. The molecule has 0 bridgehead atoms. The molecule has 0 atom stereocenters. The van der Waals surface area contributed by atoms with Gasteiger partial charge in [-0.15, -0.1) is 0 Å². The third-order valence-electron chi connectivity index (χ3n) is 2.53. The Bertz CT molecular complexity index is 635. The molecule has 0 fully saturated rings.